The van der Waals surface area contributed by atoms with E-state index >= 15 is 0 Å². The number of fused-ring (bicyclic) bond motifs is 1. The highest BCUT2D eigenvalue weighted by molar-refractivity contribution is 5.93. The molecule has 0 unspecified atom stereocenters. The third-order valence-electron chi connectivity index (χ3n) is 6.26. The lowest BCUT2D eigenvalue weighted by atomic mass is 9.93. The highest BCUT2D eigenvalue weighted by Gasteiger charge is 2.23. The molecular weight excluding hydrogens is 360 g/mol. The Bertz CT molecular complexity index is 862. The monoisotopic (exact) mass is 392 g/mol. The van der Waals surface area contributed by atoms with E-state index in [9.17, 15) is 4.79 Å². The number of benzene rings is 1. The van der Waals surface area contributed by atoms with E-state index in [1.165, 1.54) is 42.5 Å². The predicted molar refractivity (Wildman–Crippen MR) is 118 cm³/mol. The van der Waals surface area contributed by atoms with Crippen LogP contribution in [0.1, 0.15) is 52.4 Å². The maximum atomic E-state index is 12.1. The molecule has 0 bridgehead atoms. The van der Waals surface area contributed by atoms with Gasteiger partial charge in [-0.05, 0) is 61.6 Å². The Kier molecular flexibility index (Phi) is 5.86. The van der Waals surface area contributed by atoms with Gasteiger partial charge in [-0.2, -0.15) is 0 Å². The molecule has 1 fully saturated rings. The van der Waals surface area contributed by atoms with E-state index in [1.54, 1.807) is 25.2 Å². The molecule has 1 atom stereocenters. The third kappa shape index (κ3) is 4.45. The van der Waals surface area contributed by atoms with Crippen LogP contribution in [-0.4, -0.2) is 61.5 Å². The van der Waals surface area contributed by atoms with Crippen molar-refractivity contribution in [2.75, 3.05) is 45.7 Å². The fourth-order valence-corrected chi connectivity index (χ4v) is 4.67. The number of hydrogen-bond acceptors (Lipinski definition) is 4. The molecule has 2 aromatic rings. The van der Waals surface area contributed by atoms with Crippen LogP contribution in [0, 0.1) is 0 Å². The average molecular weight is 393 g/mol. The van der Waals surface area contributed by atoms with Crippen molar-refractivity contribution in [3.63, 3.8) is 0 Å². The smallest absolute Gasteiger partial charge is 0.254 e. The van der Waals surface area contributed by atoms with Crippen molar-refractivity contribution in [2.45, 2.75) is 38.1 Å². The molecule has 4 rings (SSSR count). The van der Waals surface area contributed by atoms with Crippen LogP contribution in [0.2, 0.25) is 0 Å². The molecule has 0 radical (unpaired) electrons. The number of hydrogen-bond donors (Lipinski definition) is 0. The SMILES string of the molecule is CN(C)C(=O)c1ccc([C@@H]2CCCN(Cc3ccc4c(c3)CCCN4C)C2)nc1. The summed E-state index contributed by atoms with van der Waals surface area (Å²) >= 11 is 0. The summed E-state index contributed by atoms with van der Waals surface area (Å²) in [6.07, 6.45) is 6.53. The van der Waals surface area contributed by atoms with Crippen molar-refractivity contribution in [3.8, 4) is 0 Å². The lowest BCUT2D eigenvalue weighted by Crippen LogP contribution is -2.34. The van der Waals surface area contributed by atoms with Crippen LogP contribution in [0.4, 0.5) is 5.69 Å². The Morgan fingerprint density at radius 1 is 1.17 bits per heavy atom. The van der Waals surface area contributed by atoms with Crippen LogP contribution >= 0.6 is 0 Å². The molecular formula is C24H32N4O. The Hall–Kier alpha value is -2.40. The van der Waals surface area contributed by atoms with Crippen LogP contribution in [0.15, 0.2) is 36.5 Å². The van der Waals surface area contributed by atoms with E-state index in [-0.39, 0.29) is 5.91 Å². The molecule has 2 aliphatic heterocycles. The van der Waals surface area contributed by atoms with Crippen molar-refractivity contribution >= 4 is 11.6 Å². The van der Waals surface area contributed by atoms with Gasteiger partial charge in [0.15, 0.2) is 0 Å². The van der Waals surface area contributed by atoms with E-state index in [4.69, 9.17) is 0 Å². The summed E-state index contributed by atoms with van der Waals surface area (Å²) in [7, 11) is 5.74. The van der Waals surface area contributed by atoms with Crippen molar-refractivity contribution < 1.29 is 4.79 Å². The molecule has 2 aliphatic rings. The number of anilines is 1. The van der Waals surface area contributed by atoms with Gasteiger partial charge in [0, 0.05) is 64.3 Å². The average Bonchev–Trinajstić information content (AvgIpc) is 2.73. The van der Waals surface area contributed by atoms with Gasteiger partial charge in [-0.1, -0.05) is 12.1 Å². The standard InChI is InChI=1S/C24H32N4O/c1-26(2)24(29)20-9-10-22(25-15-20)21-7-5-13-28(17-21)16-18-8-11-23-19(14-18)6-4-12-27(23)3/h8-11,14-15,21H,4-7,12-13,16-17H2,1-3H3/t21-/m1/s1. The zero-order chi connectivity index (χ0) is 20.4. The second kappa shape index (κ2) is 8.54. The number of likely N-dealkylation sites (tertiary alicyclic amines) is 1. The lowest BCUT2D eigenvalue weighted by Gasteiger charge is -2.33. The topological polar surface area (TPSA) is 39.7 Å². The fraction of sp³-hybridized carbons (Fsp3) is 0.500. The van der Waals surface area contributed by atoms with E-state index in [0.29, 0.717) is 11.5 Å². The largest absolute Gasteiger partial charge is 0.374 e. The zero-order valence-corrected chi connectivity index (χ0v) is 17.9. The first-order valence-corrected chi connectivity index (χ1v) is 10.7. The molecule has 1 aromatic heterocycles. The van der Waals surface area contributed by atoms with Crippen LogP contribution in [-0.2, 0) is 13.0 Å². The van der Waals surface area contributed by atoms with Crippen molar-refractivity contribution in [1.29, 1.82) is 0 Å². The lowest BCUT2D eigenvalue weighted by molar-refractivity contribution is 0.0827. The number of aryl methyl sites for hydroxylation is 1. The number of carbonyl (C=O) groups excluding carboxylic acids is 1. The first kappa shape index (κ1) is 19.9. The number of nitrogens with zero attached hydrogens (tertiary/aromatic N) is 4. The van der Waals surface area contributed by atoms with Gasteiger partial charge in [0.05, 0.1) is 5.56 Å². The second-order valence-electron chi connectivity index (χ2n) is 8.73. The summed E-state index contributed by atoms with van der Waals surface area (Å²) in [5, 5.41) is 0. The van der Waals surface area contributed by atoms with Gasteiger partial charge in [-0.15, -0.1) is 0 Å². The van der Waals surface area contributed by atoms with Gasteiger partial charge in [-0.3, -0.25) is 14.7 Å². The molecule has 1 amide bonds. The van der Waals surface area contributed by atoms with Crippen molar-refractivity contribution in [1.82, 2.24) is 14.8 Å². The normalized spacial score (nSPS) is 19.7. The molecule has 1 aromatic carbocycles. The first-order chi connectivity index (χ1) is 14.0. The van der Waals surface area contributed by atoms with Crippen molar-refractivity contribution in [2.24, 2.45) is 0 Å². The summed E-state index contributed by atoms with van der Waals surface area (Å²) in [5.74, 6) is 0.448. The van der Waals surface area contributed by atoms with Crippen LogP contribution in [0.25, 0.3) is 0 Å². The number of rotatable bonds is 4. The first-order valence-electron chi connectivity index (χ1n) is 10.7. The Morgan fingerprint density at radius 2 is 2.03 bits per heavy atom. The predicted octanol–water partition coefficient (Wildman–Crippen LogP) is 3.55. The van der Waals surface area contributed by atoms with Crippen molar-refractivity contribution in [3.05, 3.63) is 58.9 Å². The maximum Gasteiger partial charge on any atom is 0.254 e. The molecule has 154 valence electrons. The minimum absolute atomic E-state index is 0.00683. The Labute approximate surface area is 174 Å². The number of carbonyl (C=O) groups is 1. The van der Waals surface area contributed by atoms with Crippen LogP contribution in [0.5, 0.6) is 0 Å². The van der Waals surface area contributed by atoms with Crippen LogP contribution in [0.3, 0.4) is 0 Å². The van der Waals surface area contributed by atoms with Gasteiger partial charge in [0.2, 0.25) is 0 Å². The van der Waals surface area contributed by atoms with Crippen LogP contribution < -0.4 is 4.90 Å². The number of amides is 1. The van der Waals surface area contributed by atoms with Gasteiger partial charge >= 0.3 is 0 Å². The molecule has 5 nitrogen and oxygen atoms in total. The maximum absolute atomic E-state index is 12.1. The van der Waals surface area contributed by atoms with Gasteiger partial charge < -0.3 is 9.80 Å². The van der Waals surface area contributed by atoms with Gasteiger partial charge in [0.1, 0.15) is 0 Å². The van der Waals surface area contributed by atoms with E-state index < -0.39 is 0 Å². The third-order valence-corrected chi connectivity index (χ3v) is 6.26. The summed E-state index contributed by atoms with van der Waals surface area (Å²) in [6.45, 7) is 4.34. The minimum atomic E-state index is 0.00683. The fourth-order valence-electron chi connectivity index (χ4n) is 4.67. The summed E-state index contributed by atoms with van der Waals surface area (Å²) in [6, 6.07) is 11.0. The van der Waals surface area contributed by atoms with E-state index in [1.807, 2.05) is 12.1 Å². The molecule has 0 spiro atoms. The zero-order valence-electron chi connectivity index (χ0n) is 17.9. The molecule has 1 saturated heterocycles. The molecule has 0 saturated carbocycles. The van der Waals surface area contributed by atoms with E-state index in [2.05, 4.69) is 40.0 Å². The summed E-state index contributed by atoms with van der Waals surface area (Å²) in [5.41, 5.74) is 6.07. The highest BCUT2D eigenvalue weighted by atomic mass is 16.2. The molecule has 5 heteroatoms. The molecule has 29 heavy (non-hydrogen) atoms. The Balaban J connectivity index is 1.42. The van der Waals surface area contributed by atoms with E-state index in [0.717, 1.165) is 31.9 Å². The molecule has 3 heterocycles. The molecule has 0 N–H and O–H groups in total. The van der Waals surface area contributed by atoms with Gasteiger partial charge in [0.25, 0.3) is 5.91 Å². The quantitative estimate of drug-likeness (QED) is 0.798. The number of piperidine rings is 1. The number of pyridine rings is 1. The summed E-state index contributed by atoms with van der Waals surface area (Å²) in [4.78, 5) is 23.2. The number of aromatic nitrogens is 1. The second-order valence-corrected chi connectivity index (χ2v) is 8.73. The van der Waals surface area contributed by atoms with Gasteiger partial charge in [-0.25, -0.2) is 0 Å². The minimum Gasteiger partial charge on any atom is -0.374 e. The summed E-state index contributed by atoms with van der Waals surface area (Å²) < 4.78 is 0. The Morgan fingerprint density at radius 3 is 2.79 bits per heavy atom. The highest BCUT2D eigenvalue weighted by Crippen LogP contribution is 2.29. The molecule has 0 aliphatic carbocycles.